The Kier molecular flexibility index (Phi) is 9.46. The van der Waals surface area contributed by atoms with Gasteiger partial charge in [-0.1, -0.05) is 45.0 Å². The molecule has 1 aliphatic carbocycles. The minimum atomic E-state index is -4.54. The summed E-state index contributed by atoms with van der Waals surface area (Å²) in [5, 5.41) is 2.80. The summed E-state index contributed by atoms with van der Waals surface area (Å²) in [6.07, 6.45) is 1.28. The van der Waals surface area contributed by atoms with Crippen LogP contribution in [0.4, 0.5) is 11.4 Å². The average molecular weight is 710 g/mol. The second kappa shape index (κ2) is 12.7. The lowest BCUT2D eigenvalue weighted by atomic mass is 9.66. The molecule has 256 valence electrons. The van der Waals surface area contributed by atoms with E-state index < -0.39 is 58.9 Å². The van der Waals surface area contributed by atoms with Gasteiger partial charge in [-0.05, 0) is 42.0 Å². The van der Waals surface area contributed by atoms with Crippen LogP contribution in [0.2, 0.25) is 0 Å². The number of hydrogen-bond acceptors (Lipinski definition) is 11. The Morgan fingerprint density at radius 3 is 2.40 bits per heavy atom. The predicted octanol–water partition coefficient (Wildman–Crippen LogP) is 1.93. The number of ketones is 2. The fraction of sp³-hybridized carbons (Fsp3) is 0.500. The van der Waals surface area contributed by atoms with Crippen LogP contribution in [0.15, 0.2) is 51.8 Å². The lowest BCUT2D eigenvalue weighted by Gasteiger charge is -2.42. The van der Waals surface area contributed by atoms with Crippen LogP contribution in [0, 0.1) is 11.3 Å². The Hall–Kier alpha value is -3.22. The smallest absolute Gasteiger partial charge is 0.286 e. The average Bonchev–Trinajstić information content (AvgIpc) is 2.97. The number of carbonyl (C=O) groups is 2. The van der Waals surface area contributed by atoms with Crippen LogP contribution in [-0.2, 0) is 45.1 Å². The van der Waals surface area contributed by atoms with Gasteiger partial charge >= 0.3 is 0 Å². The van der Waals surface area contributed by atoms with Gasteiger partial charge in [0.15, 0.2) is 11.6 Å². The largest absolute Gasteiger partial charge is 0.379 e. The molecule has 2 aromatic carbocycles. The third-order valence-electron chi connectivity index (χ3n) is 8.27. The quantitative estimate of drug-likeness (QED) is 0.305. The maximum Gasteiger partial charge on any atom is 0.286 e. The monoisotopic (exact) mass is 709 g/mol. The van der Waals surface area contributed by atoms with Gasteiger partial charge in [-0.15, -0.1) is 4.40 Å². The Balaban J connectivity index is 1.59. The molecule has 3 N–H and O–H groups in total. The minimum absolute atomic E-state index is 0.00987. The van der Waals surface area contributed by atoms with Crippen LogP contribution >= 0.6 is 0 Å². The summed E-state index contributed by atoms with van der Waals surface area (Å²) in [5.41, 5.74) is -2.05. The van der Waals surface area contributed by atoms with E-state index in [9.17, 15) is 34.8 Å². The highest BCUT2D eigenvalue weighted by Crippen LogP contribution is 2.43. The zero-order valence-electron chi connectivity index (χ0n) is 26.6. The molecule has 47 heavy (non-hydrogen) atoms. The van der Waals surface area contributed by atoms with Gasteiger partial charge in [-0.25, -0.2) is 16.8 Å². The molecule has 2 heterocycles. The first-order valence-corrected chi connectivity index (χ1v) is 20.0. The van der Waals surface area contributed by atoms with Gasteiger partial charge < -0.3 is 10.1 Å². The summed E-state index contributed by atoms with van der Waals surface area (Å²) in [6, 6.07) is 9.93. The number of nitrogens with one attached hydrogen (secondary N) is 3. The number of amidine groups is 1. The second-order valence-electron chi connectivity index (χ2n) is 13.2. The number of hydrogen-bond donors (Lipinski definition) is 3. The summed E-state index contributed by atoms with van der Waals surface area (Å²) >= 11 is 0. The van der Waals surface area contributed by atoms with Crippen molar-refractivity contribution in [3.63, 3.8) is 0 Å². The zero-order chi connectivity index (χ0) is 34.4. The van der Waals surface area contributed by atoms with E-state index in [4.69, 9.17) is 4.74 Å². The third-order valence-corrected chi connectivity index (χ3v) is 11.6. The van der Waals surface area contributed by atoms with Gasteiger partial charge in [0.25, 0.3) is 10.0 Å². The maximum absolute atomic E-state index is 14.8. The number of carbonyl (C=O) groups excluding carboxylic acids is 2. The van der Waals surface area contributed by atoms with Crippen molar-refractivity contribution in [1.82, 2.24) is 9.62 Å². The Morgan fingerprint density at radius 1 is 1.06 bits per heavy atom. The number of fused-ring (bicyclic) bond motifs is 2. The van der Waals surface area contributed by atoms with Crippen LogP contribution in [0.5, 0.6) is 0 Å². The molecule has 2 atom stereocenters. The molecular formula is C30H39N5O9S3. The number of benzene rings is 2. The highest BCUT2D eigenvalue weighted by Gasteiger charge is 2.56. The molecule has 2 unspecified atom stereocenters. The van der Waals surface area contributed by atoms with E-state index in [-0.39, 0.29) is 51.5 Å². The topological polar surface area (TPSA) is 197 Å². The summed E-state index contributed by atoms with van der Waals surface area (Å²) in [4.78, 5) is 30.4. The first-order chi connectivity index (χ1) is 21.8. The lowest BCUT2D eigenvalue weighted by molar-refractivity contribution is -0.127. The van der Waals surface area contributed by atoms with Crippen LogP contribution in [0.3, 0.4) is 0 Å². The van der Waals surface area contributed by atoms with E-state index in [0.29, 0.717) is 32.7 Å². The standard InChI is InChI=1S/C30H39N5O9S3/c1-29(2,3)11-12-30(34-46(40,41)18-15-35-13-16-44-17-14-35)22-8-6-5-7-21(22)26(36)25(27(30)37)28-31-23-10-9-20(32-45(4,38)39)19-24(23)47(42,43)33-28/h5-10,19,25,32,34H,11-18H2,1-4H3,(H,31,33). The van der Waals surface area contributed by atoms with Crippen molar-refractivity contribution in [1.29, 1.82) is 0 Å². The van der Waals surface area contributed by atoms with E-state index in [0.717, 1.165) is 12.3 Å². The number of rotatable bonds is 10. The Morgan fingerprint density at radius 2 is 1.74 bits per heavy atom. The first-order valence-electron chi connectivity index (χ1n) is 15.0. The summed E-state index contributed by atoms with van der Waals surface area (Å²) in [5.74, 6) is -4.16. The van der Waals surface area contributed by atoms with E-state index in [1.807, 2.05) is 25.7 Å². The van der Waals surface area contributed by atoms with Crippen molar-refractivity contribution >= 4 is 58.8 Å². The predicted molar refractivity (Wildman–Crippen MR) is 177 cm³/mol. The van der Waals surface area contributed by atoms with Gasteiger partial charge in [0.1, 0.15) is 22.2 Å². The molecule has 0 bridgehead atoms. The molecule has 0 spiro atoms. The second-order valence-corrected chi connectivity index (χ2v) is 18.4. The third kappa shape index (κ3) is 7.76. The number of morpholine rings is 1. The molecule has 14 nitrogen and oxygen atoms in total. The molecule has 1 saturated heterocycles. The molecule has 17 heteroatoms. The Bertz CT molecular complexity index is 1950. The minimum Gasteiger partial charge on any atom is -0.379 e. The van der Waals surface area contributed by atoms with Crippen molar-refractivity contribution < 1.29 is 39.6 Å². The molecule has 0 amide bonds. The van der Waals surface area contributed by atoms with Gasteiger partial charge in [0, 0.05) is 30.9 Å². The number of Topliss-reactive ketones (excluding diaryl/α,β-unsaturated/α-hetero) is 2. The van der Waals surface area contributed by atoms with Gasteiger partial charge in [0.05, 0.1) is 30.9 Å². The SMILES string of the molecule is CC(C)(C)CCC1(NS(=O)(=O)CCN2CCOCC2)C(=O)C(C2=NS(=O)(=O)c3cc(NS(C)(=O)=O)ccc3N2)C(=O)c2ccccc21. The van der Waals surface area contributed by atoms with Gasteiger partial charge in [-0.3, -0.25) is 19.2 Å². The molecule has 0 saturated carbocycles. The number of ether oxygens (including phenoxy) is 1. The van der Waals surface area contributed by atoms with Crippen LogP contribution in [0.25, 0.3) is 0 Å². The maximum atomic E-state index is 14.8. The van der Waals surface area contributed by atoms with Crippen LogP contribution in [-0.4, -0.2) is 92.4 Å². The Labute approximate surface area is 275 Å². The lowest BCUT2D eigenvalue weighted by Crippen LogP contribution is -2.61. The van der Waals surface area contributed by atoms with E-state index in [1.54, 1.807) is 18.2 Å². The summed E-state index contributed by atoms with van der Waals surface area (Å²) in [7, 11) is -12.4. The first kappa shape index (κ1) is 35.1. The number of sulfonamides is 3. The highest BCUT2D eigenvalue weighted by molar-refractivity contribution is 7.92. The van der Waals surface area contributed by atoms with Crippen molar-refractivity contribution in [3.8, 4) is 0 Å². The van der Waals surface area contributed by atoms with E-state index in [2.05, 4.69) is 19.2 Å². The summed E-state index contributed by atoms with van der Waals surface area (Å²) in [6.45, 7) is 8.12. The molecule has 1 fully saturated rings. The molecule has 0 aromatic heterocycles. The fourth-order valence-electron chi connectivity index (χ4n) is 5.92. The van der Waals surface area contributed by atoms with Crippen molar-refractivity contribution in [2.24, 2.45) is 15.7 Å². The van der Waals surface area contributed by atoms with E-state index in [1.165, 1.54) is 18.2 Å². The summed E-state index contributed by atoms with van der Waals surface area (Å²) < 4.78 is 92.0. The van der Waals surface area contributed by atoms with Gasteiger partial charge in [-0.2, -0.15) is 13.1 Å². The molecule has 2 aromatic rings. The van der Waals surface area contributed by atoms with E-state index >= 15 is 0 Å². The molecule has 5 rings (SSSR count). The molecule has 0 radical (unpaired) electrons. The zero-order valence-corrected chi connectivity index (χ0v) is 29.0. The van der Waals surface area contributed by atoms with Crippen molar-refractivity contribution in [3.05, 3.63) is 53.6 Å². The molecular weight excluding hydrogens is 671 g/mol. The number of nitrogens with zero attached hydrogens (tertiary/aromatic N) is 2. The van der Waals surface area contributed by atoms with Crippen molar-refractivity contribution in [2.75, 3.05) is 54.9 Å². The number of anilines is 2. The highest BCUT2D eigenvalue weighted by atomic mass is 32.2. The normalized spacial score (nSPS) is 23.3. The molecule has 3 aliphatic rings. The van der Waals surface area contributed by atoms with Crippen LogP contribution in [0.1, 0.15) is 49.5 Å². The van der Waals surface area contributed by atoms with Crippen LogP contribution < -0.4 is 14.8 Å². The van der Waals surface area contributed by atoms with Gasteiger partial charge in [0.2, 0.25) is 20.0 Å². The fourth-order valence-corrected chi connectivity index (χ4v) is 9.10. The van der Waals surface area contributed by atoms with Crippen molar-refractivity contribution in [2.45, 2.75) is 44.0 Å². The molecule has 2 aliphatic heterocycles.